The Hall–Kier alpha value is -1.30. The molecule has 2 aliphatic rings. The van der Waals surface area contributed by atoms with E-state index in [1.807, 2.05) is 18.7 Å². The highest BCUT2D eigenvalue weighted by Crippen LogP contribution is 2.34. The molecule has 0 aromatic heterocycles. The number of hydrogen-bond acceptors (Lipinski definition) is 3. The Morgan fingerprint density at radius 1 is 1.08 bits per heavy atom. The van der Waals surface area contributed by atoms with Crippen LogP contribution in [-0.4, -0.2) is 73.5 Å². The molecule has 2 rings (SSSR count). The zero-order valence-corrected chi connectivity index (χ0v) is 16.4. The predicted octanol–water partition coefficient (Wildman–Crippen LogP) is 1.67. The molecule has 2 N–H and O–H groups in total. The van der Waals surface area contributed by atoms with E-state index in [1.165, 1.54) is 32.2 Å². The van der Waals surface area contributed by atoms with E-state index >= 15 is 0 Å². The molecule has 0 aliphatic heterocycles. The Labute approximate surface area is 153 Å². The monoisotopic (exact) mass is 351 g/mol. The normalized spacial score (nSPS) is 17.7. The summed E-state index contributed by atoms with van der Waals surface area (Å²) in [5.74, 6) is 1.98. The van der Waals surface area contributed by atoms with Gasteiger partial charge in [-0.05, 0) is 52.4 Å². The van der Waals surface area contributed by atoms with Gasteiger partial charge in [0, 0.05) is 51.7 Å². The van der Waals surface area contributed by atoms with Crippen molar-refractivity contribution in [3.05, 3.63) is 0 Å². The van der Waals surface area contributed by atoms with Crippen LogP contribution in [0.1, 0.15) is 52.9 Å². The first-order chi connectivity index (χ1) is 12.2. The summed E-state index contributed by atoms with van der Waals surface area (Å²) in [6.07, 6.45) is 6.07. The Balaban J connectivity index is 1.70. The molecule has 2 saturated carbocycles. The molecule has 0 unspecified atom stereocenters. The van der Waals surface area contributed by atoms with Gasteiger partial charge in [0.2, 0.25) is 5.91 Å². The molecule has 0 spiro atoms. The molecule has 0 heterocycles. The van der Waals surface area contributed by atoms with Crippen molar-refractivity contribution in [2.75, 3.05) is 45.8 Å². The highest BCUT2D eigenvalue weighted by atomic mass is 16.2. The van der Waals surface area contributed by atoms with E-state index < -0.39 is 0 Å². The summed E-state index contributed by atoms with van der Waals surface area (Å²) in [5, 5.41) is 6.58. The quantitative estimate of drug-likeness (QED) is 0.415. The third kappa shape index (κ3) is 7.63. The summed E-state index contributed by atoms with van der Waals surface area (Å²) in [7, 11) is 0. The fourth-order valence-electron chi connectivity index (χ4n) is 3.15. The number of hydrogen-bond donors (Lipinski definition) is 2. The molecule has 0 radical (unpaired) electrons. The number of amides is 1. The summed E-state index contributed by atoms with van der Waals surface area (Å²) in [6.45, 7) is 12.3. The van der Waals surface area contributed by atoms with Crippen LogP contribution in [0.15, 0.2) is 4.99 Å². The summed E-state index contributed by atoms with van der Waals surface area (Å²) in [4.78, 5) is 21.3. The number of guanidine groups is 1. The van der Waals surface area contributed by atoms with Crippen LogP contribution in [0.25, 0.3) is 0 Å². The summed E-state index contributed by atoms with van der Waals surface area (Å²) in [5.41, 5.74) is 0. The van der Waals surface area contributed by atoms with Crippen molar-refractivity contribution in [3.8, 4) is 0 Å². The zero-order valence-electron chi connectivity index (χ0n) is 16.4. The van der Waals surface area contributed by atoms with Gasteiger partial charge < -0.3 is 15.5 Å². The minimum atomic E-state index is 0.206. The molecule has 0 atom stereocenters. The highest BCUT2D eigenvalue weighted by molar-refractivity contribution is 5.81. The summed E-state index contributed by atoms with van der Waals surface area (Å²) < 4.78 is 0. The number of aliphatic imine (C=N–C) groups is 1. The van der Waals surface area contributed by atoms with Crippen molar-refractivity contribution >= 4 is 11.9 Å². The van der Waals surface area contributed by atoms with Gasteiger partial charge in [0.05, 0.1) is 6.54 Å². The average Bonchev–Trinajstić information content (AvgIpc) is 3.48. The number of rotatable bonds is 12. The Morgan fingerprint density at radius 3 is 2.36 bits per heavy atom. The first-order valence-electron chi connectivity index (χ1n) is 10.2. The number of nitrogens with zero attached hydrogens (tertiary/aromatic N) is 3. The van der Waals surface area contributed by atoms with Crippen LogP contribution in [0.4, 0.5) is 0 Å². The van der Waals surface area contributed by atoms with E-state index in [1.54, 1.807) is 0 Å². The van der Waals surface area contributed by atoms with Gasteiger partial charge in [0.15, 0.2) is 5.96 Å². The first kappa shape index (κ1) is 20.0. The summed E-state index contributed by atoms with van der Waals surface area (Å²) in [6, 6.07) is 0.818. The zero-order chi connectivity index (χ0) is 18.1. The average molecular weight is 352 g/mol. The van der Waals surface area contributed by atoms with Gasteiger partial charge in [0.1, 0.15) is 0 Å². The van der Waals surface area contributed by atoms with Crippen molar-refractivity contribution in [2.45, 2.75) is 58.9 Å². The maximum atomic E-state index is 12.1. The molecule has 6 nitrogen and oxygen atoms in total. The lowest BCUT2D eigenvalue weighted by Gasteiger charge is -2.21. The van der Waals surface area contributed by atoms with Crippen LogP contribution in [0.3, 0.4) is 0 Å². The van der Waals surface area contributed by atoms with Crippen LogP contribution < -0.4 is 10.6 Å². The lowest BCUT2D eigenvalue weighted by molar-refractivity contribution is -0.130. The smallest absolute Gasteiger partial charge is 0.224 e. The molecule has 0 aromatic rings. The standard InChI is InChI=1S/C19H37N5O/c1-4-20-19(21-12-11-18(25)23(5-2)6-3)22-13-14-24(17-9-10-17)15-16-7-8-16/h16-17H,4-15H2,1-3H3,(H2,20,21,22). The lowest BCUT2D eigenvalue weighted by Crippen LogP contribution is -2.40. The minimum absolute atomic E-state index is 0.206. The molecule has 0 saturated heterocycles. The molecule has 2 aliphatic carbocycles. The van der Waals surface area contributed by atoms with Crippen molar-refractivity contribution in [3.63, 3.8) is 0 Å². The van der Waals surface area contributed by atoms with Gasteiger partial charge in [-0.1, -0.05) is 0 Å². The molecule has 2 fully saturated rings. The fraction of sp³-hybridized carbons (Fsp3) is 0.895. The van der Waals surface area contributed by atoms with E-state index in [9.17, 15) is 4.79 Å². The largest absolute Gasteiger partial charge is 0.357 e. The predicted molar refractivity (Wildman–Crippen MR) is 104 cm³/mol. The number of nitrogens with one attached hydrogen (secondary N) is 2. The van der Waals surface area contributed by atoms with E-state index in [-0.39, 0.29) is 5.91 Å². The van der Waals surface area contributed by atoms with Gasteiger partial charge in [0.25, 0.3) is 0 Å². The maximum absolute atomic E-state index is 12.1. The Morgan fingerprint density at radius 2 is 1.80 bits per heavy atom. The molecule has 0 bridgehead atoms. The molecule has 1 amide bonds. The second-order valence-electron chi connectivity index (χ2n) is 7.17. The molecule has 25 heavy (non-hydrogen) atoms. The van der Waals surface area contributed by atoms with Gasteiger partial charge in [-0.2, -0.15) is 0 Å². The molecular formula is C19H37N5O. The highest BCUT2D eigenvalue weighted by Gasteiger charge is 2.33. The van der Waals surface area contributed by atoms with Crippen molar-refractivity contribution in [1.29, 1.82) is 0 Å². The van der Waals surface area contributed by atoms with E-state index in [2.05, 4.69) is 22.5 Å². The Kier molecular flexibility index (Phi) is 8.52. The van der Waals surface area contributed by atoms with Crippen LogP contribution >= 0.6 is 0 Å². The number of carbonyl (C=O) groups excluding carboxylic acids is 1. The third-order valence-corrected chi connectivity index (χ3v) is 5.00. The van der Waals surface area contributed by atoms with Gasteiger partial charge >= 0.3 is 0 Å². The lowest BCUT2D eigenvalue weighted by atomic mass is 10.3. The van der Waals surface area contributed by atoms with Gasteiger partial charge in [-0.25, -0.2) is 0 Å². The summed E-state index contributed by atoms with van der Waals surface area (Å²) >= 11 is 0. The van der Waals surface area contributed by atoms with E-state index in [0.29, 0.717) is 13.0 Å². The van der Waals surface area contributed by atoms with Crippen LogP contribution in [0, 0.1) is 5.92 Å². The van der Waals surface area contributed by atoms with Crippen LogP contribution in [-0.2, 0) is 4.79 Å². The maximum Gasteiger partial charge on any atom is 0.224 e. The second kappa shape index (κ2) is 10.6. The SMILES string of the molecule is CCNC(=NCCN(CC1CC1)C1CC1)NCCC(=O)N(CC)CC. The van der Waals surface area contributed by atoms with Crippen molar-refractivity contribution in [1.82, 2.24) is 20.4 Å². The van der Waals surface area contributed by atoms with Gasteiger partial charge in [-0.3, -0.25) is 14.7 Å². The number of carbonyl (C=O) groups is 1. The second-order valence-corrected chi connectivity index (χ2v) is 7.17. The third-order valence-electron chi connectivity index (χ3n) is 5.00. The van der Waals surface area contributed by atoms with Gasteiger partial charge in [-0.15, -0.1) is 0 Å². The minimum Gasteiger partial charge on any atom is -0.357 e. The molecule has 6 heteroatoms. The Bertz CT molecular complexity index is 428. The molecular weight excluding hydrogens is 314 g/mol. The van der Waals surface area contributed by atoms with Crippen LogP contribution in [0.2, 0.25) is 0 Å². The molecule has 0 aromatic carbocycles. The first-order valence-corrected chi connectivity index (χ1v) is 10.2. The van der Waals surface area contributed by atoms with E-state index in [0.717, 1.165) is 50.6 Å². The van der Waals surface area contributed by atoms with Crippen molar-refractivity contribution in [2.24, 2.45) is 10.9 Å². The topological polar surface area (TPSA) is 60.0 Å². The van der Waals surface area contributed by atoms with E-state index in [4.69, 9.17) is 4.99 Å². The fourth-order valence-corrected chi connectivity index (χ4v) is 3.15. The van der Waals surface area contributed by atoms with Crippen molar-refractivity contribution < 1.29 is 4.79 Å². The van der Waals surface area contributed by atoms with Crippen LogP contribution in [0.5, 0.6) is 0 Å². The molecule has 144 valence electrons.